The molecule has 2 aliphatic rings. The Balaban J connectivity index is 1.68. The standard InChI is InChI=1S/C17H24N5O/c1-5-11-18-17(22(12-6-1)13-7-2-8-14-22)23-21-16-10-4-3-9-15(16)19-20-21/h3-4,9-10H,1-2,5-8,11-14H2/q+1/p+1. The van der Waals surface area contributed by atoms with E-state index in [4.69, 9.17) is 9.83 Å². The van der Waals surface area contributed by atoms with Crippen molar-refractivity contribution in [3.05, 3.63) is 24.3 Å². The van der Waals surface area contributed by atoms with E-state index in [1.165, 1.54) is 32.1 Å². The molecule has 0 bridgehead atoms. The van der Waals surface area contributed by atoms with Crippen molar-refractivity contribution in [2.75, 3.05) is 26.2 Å². The highest BCUT2D eigenvalue weighted by molar-refractivity contribution is 5.70. The van der Waals surface area contributed by atoms with Gasteiger partial charge in [-0.2, -0.15) is 9.83 Å². The molecule has 0 aliphatic carbocycles. The number of amidine groups is 1. The number of H-pyrrole nitrogens is 1. The average molecular weight is 315 g/mol. The van der Waals surface area contributed by atoms with Gasteiger partial charge in [0, 0.05) is 16.5 Å². The van der Waals surface area contributed by atoms with Crippen molar-refractivity contribution in [2.24, 2.45) is 4.99 Å². The van der Waals surface area contributed by atoms with Crippen molar-refractivity contribution >= 4 is 17.1 Å². The van der Waals surface area contributed by atoms with Crippen LogP contribution in [-0.4, -0.2) is 47.0 Å². The third kappa shape index (κ3) is 2.83. The van der Waals surface area contributed by atoms with Gasteiger partial charge in [0.2, 0.25) is 5.52 Å². The van der Waals surface area contributed by atoms with Gasteiger partial charge in [0.05, 0.1) is 19.6 Å². The number of aromatic amines is 1. The number of quaternary nitrogens is 1. The third-order valence-corrected chi connectivity index (χ3v) is 5.10. The molecule has 1 aromatic carbocycles. The average Bonchev–Trinajstić information content (AvgIpc) is 2.99. The monoisotopic (exact) mass is 315 g/mol. The van der Waals surface area contributed by atoms with Gasteiger partial charge in [-0.1, -0.05) is 12.1 Å². The number of nitrogens with zero attached hydrogens (tertiary/aromatic N) is 4. The first-order valence-electron chi connectivity index (χ1n) is 8.82. The molecule has 0 radical (unpaired) electrons. The van der Waals surface area contributed by atoms with Gasteiger partial charge in [-0.15, -0.1) is 0 Å². The van der Waals surface area contributed by atoms with Crippen LogP contribution < -0.4 is 9.68 Å². The molecular weight excluding hydrogens is 290 g/mol. The number of hydrogen-bond acceptors (Lipinski definition) is 3. The van der Waals surface area contributed by atoms with E-state index in [0.717, 1.165) is 54.1 Å². The topological polar surface area (TPSA) is 54.2 Å². The molecule has 1 spiro atoms. The highest BCUT2D eigenvalue weighted by Gasteiger charge is 2.40. The zero-order valence-corrected chi connectivity index (χ0v) is 13.6. The van der Waals surface area contributed by atoms with Gasteiger partial charge in [0.1, 0.15) is 0 Å². The van der Waals surface area contributed by atoms with Crippen molar-refractivity contribution < 1.29 is 14.2 Å². The molecule has 1 aromatic heterocycles. The smallest absolute Gasteiger partial charge is 0.238 e. The molecule has 122 valence electrons. The van der Waals surface area contributed by atoms with Crippen LogP contribution in [0.4, 0.5) is 0 Å². The minimum atomic E-state index is 0.863. The molecule has 1 saturated heterocycles. The van der Waals surface area contributed by atoms with Crippen LogP contribution in [0, 0.1) is 0 Å². The number of piperidine rings is 1. The first-order chi connectivity index (χ1) is 11.4. The zero-order valence-electron chi connectivity index (χ0n) is 13.6. The third-order valence-electron chi connectivity index (χ3n) is 5.10. The summed E-state index contributed by atoms with van der Waals surface area (Å²) in [5.74, 6) is 0. The van der Waals surface area contributed by atoms with Gasteiger partial charge in [0.25, 0.3) is 5.52 Å². The van der Waals surface area contributed by atoms with E-state index in [9.17, 15) is 0 Å². The van der Waals surface area contributed by atoms with Gasteiger partial charge < -0.3 is 0 Å². The number of fused-ring (bicyclic) bond motifs is 1. The molecule has 1 fully saturated rings. The number of benzene rings is 1. The zero-order chi connectivity index (χ0) is 15.5. The van der Waals surface area contributed by atoms with Crippen molar-refractivity contribution in [2.45, 2.75) is 38.5 Å². The molecule has 3 heterocycles. The Bertz CT molecular complexity index is 702. The maximum Gasteiger partial charge on any atom is 0.442 e. The van der Waals surface area contributed by atoms with Gasteiger partial charge in [-0.05, 0) is 55.9 Å². The van der Waals surface area contributed by atoms with Crippen LogP contribution in [0.25, 0.3) is 11.0 Å². The number of rotatable bonds is 1. The van der Waals surface area contributed by atoms with Crippen molar-refractivity contribution in [1.29, 1.82) is 0 Å². The fourth-order valence-corrected chi connectivity index (χ4v) is 3.81. The molecule has 6 nitrogen and oxygen atoms in total. The first-order valence-corrected chi connectivity index (χ1v) is 8.82. The summed E-state index contributed by atoms with van der Waals surface area (Å²) in [6.45, 7) is 4.30. The van der Waals surface area contributed by atoms with Crippen LogP contribution >= 0.6 is 0 Å². The predicted molar refractivity (Wildman–Crippen MR) is 87.7 cm³/mol. The number of para-hydroxylation sites is 2. The van der Waals surface area contributed by atoms with Crippen molar-refractivity contribution in [3.8, 4) is 0 Å². The Morgan fingerprint density at radius 2 is 1.70 bits per heavy atom. The van der Waals surface area contributed by atoms with Crippen LogP contribution in [-0.2, 0) is 0 Å². The Morgan fingerprint density at radius 3 is 2.52 bits per heavy atom. The Hall–Kier alpha value is -1.95. The lowest BCUT2D eigenvalue weighted by Crippen LogP contribution is -2.64. The normalized spacial score (nSPS) is 21.7. The second-order valence-electron chi connectivity index (χ2n) is 6.69. The molecule has 4 rings (SSSR count). The molecule has 0 unspecified atom stereocenters. The minimum Gasteiger partial charge on any atom is -0.238 e. The fraction of sp³-hybridized carbons (Fsp3) is 0.588. The molecule has 0 amide bonds. The fourth-order valence-electron chi connectivity index (χ4n) is 3.81. The summed E-state index contributed by atoms with van der Waals surface area (Å²) in [6.07, 6.45) is 7.54. The molecular formula is C17H25N5O+2. The minimum absolute atomic E-state index is 0.863. The van der Waals surface area contributed by atoms with Gasteiger partial charge >= 0.3 is 6.02 Å². The van der Waals surface area contributed by atoms with E-state index in [2.05, 4.69) is 10.3 Å². The molecule has 6 heteroatoms. The molecule has 0 saturated carbocycles. The van der Waals surface area contributed by atoms with E-state index in [1.807, 2.05) is 24.3 Å². The summed E-state index contributed by atoms with van der Waals surface area (Å²) in [7, 11) is 0. The quantitative estimate of drug-likeness (QED) is 0.645. The Morgan fingerprint density at radius 1 is 0.957 bits per heavy atom. The summed E-state index contributed by atoms with van der Waals surface area (Å²) < 4.78 is 0.903. The van der Waals surface area contributed by atoms with Gasteiger partial charge in [0.15, 0.2) is 0 Å². The lowest BCUT2D eigenvalue weighted by Gasteiger charge is -2.39. The summed E-state index contributed by atoms with van der Waals surface area (Å²) >= 11 is 0. The summed E-state index contributed by atoms with van der Waals surface area (Å²) in [6, 6.07) is 8.85. The maximum atomic E-state index is 6.26. The lowest BCUT2D eigenvalue weighted by molar-refractivity contribution is -0.939. The molecule has 2 aliphatic heterocycles. The summed E-state index contributed by atoms with van der Waals surface area (Å²) in [5.41, 5.74) is 1.86. The van der Waals surface area contributed by atoms with Crippen LogP contribution in [0.2, 0.25) is 0 Å². The number of aromatic nitrogens is 3. The van der Waals surface area contributed by atoms with Gasteiger partial charge in [-0.3, -0.25) is 0 Å². The SMILES string of the molecule is c1ccc2c(c1)n[nH][n+]2OC1=NCCCCC[N+]12CCCCC2. The van der Waals surface area contributed by atoms with Crippen LogP contribution in [0.1, 0.15) is 38.5 Å². The highest BCUT2D eigenvalue weighted by atomic mass is 16.7. The van der Waals surface area contributed by atoms with E-state index in [-0.39, 0.29) is 0 Å². The number of aliphatic imine (C=N–C) groups is 1. The van der Waals surface area contributed by atoms with Crippen LogP contribution in [0.5, 0.6) is 0 Å². The van der Waals surface area contributed by atoms with Crippen molar-refractivity contribution in [3.63, 3.8) is 0 Å². The molecule has 0 atom stereocenters. The number of hydrogen-bond donors (Lipinski definition) is 1. The highest BCUT2D eigenvalue weighted by Crippen LogP contribution is 2.23. The molecule has 2 aromatic rings. The summed E-state index contributed by atoms with van der Waals surface area (Å²) in [4.78, 5) is 12.8. The van der Waals surface area contributed by atoms with Gasteiger partial charge in [-0.25, -0.2) is 4.48 Å². The largest absolute Gasteiger partial charge is 0.442 e. The van der Waals surface area contributed by atoms with E-state index in [1.54, 1.807) is 4.85 Å². The van der Waals surface area contributed by atoms with E-state index >= 15 is 0 Å². The van der Waals surface area contributed by atoms with Crippen molar-refractivity contribution in [1.82, 2.24) is 10.3 Å². The Kier molecular flexibility index (Phi) is 3.99. The lowest BCUT2D eigenvalue weighted by atomic mass is 10.1. The summed E-state index contributed by atoms with van der Waals surface area (Å²) in [5, 5.41) is 7.28. The predicted octanol–water partition coefficient (Wildman–Crippen LogP) is 1.82. The van der Waals surface area contributed by atoms with Crippen LogP contribution in [0.15, 0.2) is 29.3 Å². The number of nitrogens with one attached hydrogen (secondary N) is 1. The maximum absolute atomic E-state index is 6.26. The first kappa shape index (κ1) is 14.6. The van der Waals surface area contributed by atoms with E-state index < -0.39 is 0 Å². The second-order valence-corrected chi connectivity index (χ2v) is 6.69. The second kappa shape index (κ2) is 6.28. The van der Waals surface area contributed by atoms with Crippen LogP contribution in [0.3, 0.4) is 0 Å². The Labute approximate surface area is 136 Å². The molecule has 23 heavy (non-hydrogen) atoms. The van der Waals surface area contributed by atoms with E-state index in [0.29, 0.717) is 0 Å². The molecule has 1 N–H and O–H groups in total.